The van der Waals surface area contributed by atoms with E-state index in [-0.39, 0.29) is 28.8 Å². The Balaban J connectivity index is 1.20. The van der Waals surface area contributed by atoms with Crippen LogP contribution in [0.25, 0.3) is 22.4 Å². The van der Waals surface area contributed by atoms with Crippen LogP contribution in [-0.4, -0.2) is 30.3 Å². The zero-order valence-corrected chi connectivity index (χ0v) is 21.0. The molecule has 1 saturated carbocycles. The van der Waals surface area contributed by atoms with Crippen molar-refractivity contribution in [1.29, 1.82) is 0 Å². The van der Waals surface area contributed by atoms with Gasteiger partial charge in [0.1, 0.15) is 5.82 Å². The maximum Gasteiger partial charge on any atom is 0.240 e. The van der Waals surface area contributed by atoms with Gasteiger partial charge in [0.15, 0.2) is 0 Å². The van der Waals surface area contributed by atoms with E-state index in [1.165, 1.54) is 0 Å². The van der Waals surface area contributed by atoms with Crippen LogP contribution in [0.3, 0.4) is 0 Å². The van der Waals surface area contributed by atoms with Crippen molar-refractivity contribution in [3.63, 3.8) is 0 Å². The zero-order chi connectivity index (χ0) is 25.1. The lowest BCUT2D eigenvalue weighted by molar-refractivity contribution is -0.126. The molecule has 1 aliphatic carbocycles. The summed E-state index contributed by atoms with van der Waals surface area (Å²) in [6.45, 7) is 1.98. The molecule has 0 spiro atoms. The van der Waals surface area contributed by atoms with Gasteiger partial charge < -0.3 is 10.3 Å². The second kappa shape index (κ2) is 10.2. The maximum absolute atomic E-state index is 13.1. The number of H-pyrrole nitrogens is 1. The highest BCUT2D eigenvalue weighted by Crippen LogP contribution is 2.28. The van der Waals surface area contributed by atoms with Crippen molar-refractivity contribution in [2.24, 2.45) is 5.92 Å². The Morgan fingerprint density at radius 1 is 0.944 bits per heavy atom. The number of rotatable bonds is 7. The molecule has 36 heavy (non-hydrogen) atoms. The fraction of sp³-hybridized carbons (Fsp3) is 0.286. The Morgan fingerprint density at radius 2 is 1.61 bits per heavy atom. The fourth-order valence-corrected chi connectivity index (χ4v) is 6.13. The summed E-state index contributed by atoms with van der Waals surface area (Å²) in [6, 6.07) is 24.3. The van der Waals surface area contributed by atoms with Gasteiger partial charge in [0.25, 0.3) is 0 Å². The largest absolute Gasteiger partial charge is 0.349 e. The van der Waals surface area contributed by atoms with Gasteiger partial charge in [-0.2, -0.15) is 0 Å². The minimum absolute atomic E-state index is 0.0332. The molecular formula is C28H30N4O3S. The number of hydrogen-bond acceptors (Lipinski definition) is 4. The molecule has 0 saturated heterocycles. The highest BCUT2D eigenvalue weighted by atomic mass is 32.2. The number of hydrogen-bond donors (Lipinski definition) is 3. The van der Waals surface area contributed by atoms with Gasteiger partial charge in [0.2, 0.25) is 15.9 Å². The van der Waals surface area contributed by atoms with E-state index < -0.39 is 10.0 Å². The van der Waals surface area contributed by atoms with Crippen molar-refractivity contribution in [3.8, 4) is 11.4 Å². The maximum atomic E-state index is 13.1. The molecule has 4 aromatic rings. The number of nitrogens with zero attached hydrogens (tertiary/aromatic N) is 1. The summed E-state index contributed by atoms with van der Waals surface area (Å²) in [4.78, 5) is 20.8. The quantitative estimate of drug-likeness (QED) is 0.333. The van der Waals surface area contributed by atoms with Crippen LogP contribution in [0.15, 0.2) is 83.8 Å². The molecule has 1 aromatic heterocycles. The zero-order valence-electron chi connectivity index (χ0n) is 20.1. The third-order valence-electron chi connectivity index (χ3n) is 6.89. The summed E-state index contributed by atoms with van der Waals surface area (Å²) >= 11 is 0. The smallest absolute Gasteiger partial charge is 0.240 e. The molecule has 7 nitrogen and oxygen atoms in total. The van der Waals surface area contributed by atoms with Crippen molar-refractivity contribution < 1.29 is 13.2 Å². The van der Waals surface area contributed by atoms with Crippen molar-refractivity contribution in [3.05, 3.63) is 84.4 Å². The summed E-state index contributed by atoms with van der Waals surface area (Å²) in [7, 11) is -3.70. The summed E-state index contributed by atoms with van der Waals surface area (Å²) in [5, 5.41) is 3.10. The van der Waals surface area contributed by atoms with Crippen LogP contribution >= 0.6 is 0 Å². The molecule has 0 bridgehead atoms. The molecule has 5 rings (SSSR count). The number of imidazole rings is 1. The van der Waals surface area contributed by atoms with E-state index in [1.807, 2.05) is 67.6 Å². The van der Waals surface area contributed by atoms with E-state index in [0.29, 0.717) is 37.0 Å². The molecule has 0 unspecified atom stereocenters. The third kappa shape index (κ3) is 5.34. The molecule has 0 aliphatic heterocycles. The average molecular weight is 503 g/mol. The first-order chi connectivity index (χ1) is 17.4. The SMILES string of the molecule is C[C@@H](NC(=O)[C@H]1CC[C@H](NS(=O)(=O)c2ccc3[nH]c(-c4ccccc4)nc3c2)CC1)c1ccccc1. The van der Waals surface area contributed by atoms with Crippen LogP contribution in [0.2, 0.25) is 0 Å². The van der Waals surface area contributed by atoms with Crippen molar-refractivity contribution in [2.75, 3.05) is 0 Å². The van der Waals surface area contributed by atoms with E-state index in [0.717, 1.165) is 16.6 Å². The number of nitrogens with one attached hydrogen (secondary N) is 3. The van der Waals surface area contributed by atoms with Gasteiger partial charge in [-0.3, -0.25) is 4.79 Å². The standard InChI is InChI=1S/C28H30N4O3S/c1-19(20-8-4-2-5-9-20)29-28(33)22-12-14-23(15-13-22)32-36(34,35)24-16-17-25-26(18-24)31-27(30-25)21-10-6-3-7-11-21/h2-11,16-19,22-23,32H,12-15H2,1H3,(H,29,33)(H,30,31)/t19-,22-,23-/m1/s1. The van der Waals surface area contributed by atoms with Crippen LogP contribution < -0.4 is 10.0 Å². The normalized spacial score (nSPS) is 19.1. The van der Waals surface area contributed by atoms with Crippen LogP contribution in [0.1, 0.15) is 44.2 Å². The number of fused-ring (bicyclic) bond motifs is 1. The van der Waals surface area contributed by atoms with Gasteiger partial charge in [-0.1, -0.05) is 60.7 Å². The highest BCUT2D eigenvalue weighted by Gasteiger charge is 2.30. The van der Waals surface area contributed by atoms with E-state index in [9.17, 15) is 13.2 Å². The first kappa shape index (κ1) is 24.2. The first-order valence-electron chi connectivity index (χ1n) is 12.3. The van der Waals surface area contributed by atoms with Crippen molar-refractivity contribution in [2.45, 2.75) is 49.6 Å². The summed E-state index contributed by atoms with van der Waals surface area (Å²) in [5.41, 5.74) is 3.39. The Morgan fingerprint density at radius 3 is 2.31 bits per heavy atom. The number of aromatic nitrogens is 2. The molecule has 1 aliphatic rings. The molecule has 0 radical (unpaired) electrons. The molecule has 1 heterocycles. The predicted octanol–water partition coefficient (Wildman–Crippen LogP) is 4.94. The van der Waals surface area contributed by atoms with Gasteiger partial charge in [-0.25, -0.2) is 18.1 Å². The Labute approximate surface area is 211 Å². The summed E-state index contributed by atoms with van der Waals surface area (Å²) in [6.07, 6.45) is 2.55. The molecule has 3 N–H and O–H groups in total. The molecule has 3 aromatic carbocycles. The van der Waals surface area contributed by atoms with E-state index >= 15 is 0 Å². The lowest BCUT2D eigenvalue weighted by Crippen LogP contribution is -2.41. The second-order valence-electron chi connectivity index (χ2n) is 9.44. The van der Waals surface area contributed by atoms with Gasteiger partial charge >= 0.3 is 0 Å². The number of sulfonamides is 1. The number of carbonyl (C=O) groups is 1. The highest BCUT2D eigenvalue weighted by molar-refractivity contribution is 7.89. The summed E-state index contributed by atoms with van der Waals surface area (Å²) in [5.74, 6) is 0.630. The first-order valence-corrected chi connectivity index (χ1v) is 13.8. The van der Waals surface area contributed by atoms with Crippen LogP contribution in [-0.2, 0) is 14.8 Å². The number of benzene rings is 3. The average Bonchev–Trinajstić information content (AvgIpc) is 3.33. The molecule has 1 atom stereocenters. The van der Waals surface area contributed by atoms with Crippen molar-refractivity contribution >= 4 is 27.0 Å². The fourth-order valence-electron chi connectivity index (χ4n) is 4.80. The minimum atomic E-state index is -3.70. The number of amides is 1. The van der Waals surface area contributed by atoms with Gasteiger partial charge in [-0.05, 0) is 56.4 Å². The topological polar surface area (TPSA) is 104 Å². The third-order valence-corrected chi connectivity index (χ3v) is 8.41. The van der Waals surface area contributed by atoms with Gasteiger partial charge in [0, 0.05) is 17.5 Å². The van der Waals surface area contributed by atoms with Crippen molar-refractivity contribution in [1.82, 2.24) is 20.0 Å². The lowest BCUT2D eigenvalue weighted by atomic mass is 9.85. The monoisotopic (exact) mass is 502 g/mol. The van der Waals surface area contributed by atoms with Gasteiger partial charge in [-0.15, -0.1) is 0 Å². The molecule has 186 valence electrons. The predicted molar refractivity (Wildman–Crippen MR) is 141 cm³/mol. The Kier molecular flexibility index (Phi) is 6.89. The van der Waals surface area contributed by atoms with Crippen LogP contribution in [0.4, 0.5) is 0 Å². The second-order valence-corrected chi connectivity index (χ2v) is 11.2. The number of carbonyl (C=O) groups excluding carboxylic acids is 1. The van der Waals surface area contributed by atoms with Gasteiger partial charge in [0.05, 0.1) is 22.0 Å². The summed E-state index contributed by atoms with van der Waals surface area (Å²) < 4.78 is 29.1. The molecule has 1 fully saturated rings. The molecule has 1 amide bonds. The van der Waals surface area contributed by atoms with Crippen LogP contribution in [0, 0.1) is 5.92 Å². The molecular weight excluding hydrogens is 472 g/mol. The Hall–Kier alpha value is -3.49. The minimum Gasteiger partial charge on any atom is -0.349 e. The van der Waals surface area contributed by atoms with E-state index in [2.05, 4.69) is 20.0 Å². The Bertz CT molecular complexity index is 1440. The molecule has 8 heteroatoms. The number of aromatic amines is 1. The lowest BCUT2D eigenvalue weighted by Gasteiger charge is -2.29. The van der Waals surface area contributed by atoms with Crippen LogP contribution in [0.5, 0.6) is 0 Å². The van der Waals surface area contributed by atoms with E-state index in [4.69, 9.17) is 0 Å². The van der Waals surface area contributed by atoms with E-state index in [1.54, 1.807) is 18.2 Å².